The van der Waals surface area contributed by atoms with E-state index in [4.69, 9.17) is 5.73 Å². The lowest BCUT2D eigenvalue weighted by atomic mass is 10.1. The number of aromatic nitrogens is 2. The van der Waals surface area contributed by atoms with Crippen molar-refractivity contribution >= 4 is 5.82 Å². The molecule has 0 unspecified atom stereocenters. The average molecular weight is 232 g/mol. The summed E-state index contributed by atoms with van der Waals surface area (Å²) in [6.07, 6.45) is 0.872. The van der Waals surface area contributed by atoms with Gasteiger partial charge < -0.3 is 11.1 Å². The summed E-state index contributed by atoms with van der Waals surface area (Å²) in [5, 5.41) is 7.56. The second-order valence-corrected chi connectivity index (χ2v) is 4.13. The minimum atomic E-state index is -0.269. The van der Waals surface area contributed by atoms with Crippen LogP contribution in [0.1, 0.15) is 11.3 Å². The third-order valence-corrected chi connectivity index (χ3v) is 3.02. The van der Waals surface area contributed by atoms with E-state index in [9.17, 15) is 4.39 Å². The van der Waals surface area contributed by atoms with Crippen LogP contribution in [0, 0.1) is 5.82 Å². The molecule has 0 bridgehead atoms. The van der Waals surface area contributed by atoms with Crippen LogP contribution in [-0.2, 0) is 13.0 Å². The van der Waals surface area contributed by atoms with Crippen LogP contribution in [0.25, 0.3) is 5.69 Å². The van der Waals surface area contributed by atoms with Crippen molar-refractivity contribution in [1.82, 2.24) is 15.1 Å². The normalized spacial score (nSPS) is 14.6. The Morgan fingerprint density at radius 2 is 2.29 bits per heavy atom. The Bertz CT molecular complexity index is 562. The van der Waals surface area contributed by atoms with Crippen LogP contribution in [0.3, 0.4) is 0 Å². The highest BCUT2D eigenvalue weighted by atomic mass is 19.1. The first-order valence-corrected chi connectivity index (χ1v) is 5.58. The molecule has 2 aromatic rings. The summed E-state index contributed by atoms with van der Waals surface area (Å²) in [5.74, 6) is 0.278. The lowest BCUT2D eigenvalue weighted by Gasteiger charge is -2.15. The largest absolute Gasteiger partial charge is 0.382 e. The highest BCUT2D eigenvalue weighted by molar-refractivity contribution is 5.48. The Labute approximate surface area is 98.2 Å². The molecular formula is C12H13FN4. The van der Waals surface area contributed by atoms with Gasteiger partial charge >= 0.3 is 0 Å². The molecule has 3 rings (SSSR count). The van der Waals surface area contributed by atoms with Crippen molar-refractivity contribution in [3.8, 4) is 5.69 Å². The Kier molecular flexibility index (Phi) is 2.33. The SMILES string of the molecule is Nc1nn(-c2cccc(F)c2)c2c1CCNC2. The summed E-state index contributed by atoms with van der Waals surface area (Å²) in [4.78, 5) is 0. The van der Waals surface area contributed by atoms with Crippen LogP contribution in [-0.4, -0.2) is 16.3 Å². The minimum Gasteiger partial charge on any atom is -0.382 e. The predicted octanol–water partition coefficient (Wildman–Crippen LogP) is 1.24. The van der Waals surface area contributed by atoms with E-state index in [0.717, 1.165) is 30.8 Å². The van der Waals surface area contributed by atoms with Crippen molar-refractivity contribution in [2.24, 2.45) is 0 Å². The molecule has 0 fully saturated rings. The van der Waals surface area contributed by atoms with E-state index in [1.54, 1.807) is 10.7 Å². The average Bonchev–Trinajstić information content (AvgIpc) is 2.68. The van der Waals surface area contributed by atoms with E-state index in [-0.39, 0.29) is 5.82 Å². The van der Waals surface area contributed by atoms with E-state index < -0.39 is 0 Å². The van der Waals surface area contributed by atoms with Gasteiger partial charge in [0, 0.05) is 12.1 Å². The van der Waals surface area contributed by atoms with Crippen LogP contribution < -0.4 is 11.1 Å². The van der Waals surface area contributed by atoms with E-state index in [0.29, 0.717) is 11.5 Å². The van der Waals surface area contributed by atoms with E-state index in [1.165, 1.54) is 12.1 Å². The smallest absolute Gasteiger partial charge is 0.149 e. The summed E-state index contributed by atoms with van der Waals surface area (Å²) in [6, 6.07) is 6.37. The molecule has 0 atom stereocenters. The number of rotatable bonds is 1. The van der Waals surface area contributed by atoms with Crippen molar-refractivity contribution in [2.45, 2.75) is 13.0 Å². The fourth-order valence-electron chi connectivity index (χ4n) is 2.20. The second kappa shape index (κ2) is 3.85. The van der Waals surface area contributed by atoms with Gasteiger partial charge in [-0.3, -0.25) is 0 Å². The number of nitrogens with zero attached hydrogens (tertiary/aromatic N) is 2. The molecule has 0 saturated heterocycles. The number of hydrogen-bond donors (Lipinski definition) is 2. The first-order chi connectivity index (χ1) is 8.25. The molecule has 4 nitrogen and oxygen atoms in total. The topological polar surface area (TPSA) is 55.9 Å². The molecule has 1 aromatic heterocycles. The monoisotopic (exact) mass is 232 g/mol. The van der Waals surface area contributed by atoms with Gasteiger partial charge in [0.1, 0.15) is 11.6 Å². The van der Waals surface area contributed by atoms with Gasteiger partial charge in [0.05, 0.1) is 11.4 Å². The standard InChI is InChI=1S/C12H13FN4/c13-8-2-1-3-9(6-8)17-11-7-15-5-4-10(11)12(14)16-17/h1-3,6,15H,4-5,7H2,(H2,14,16). The molecule has 0 saturated carbocycles. The lowest BCUT2D eigenvalue weighted by molar-refractivity contribution is 0.607. The van der Waals surface area contributed by atoms with Gasteiger partial charge in [-0.05, 0) is 31.2 Å². The third-order valence-electron chi connectivity index (χ3n) is 3.02. The predicted molar refractivity (Wildman–Crippen MR) is 63.3 cm³/mol. The van der Waals surface area contributed by atoms with Crippen molar-refractivity contribution in [3.63, 3.8) is 0 Å². The molecule has 1 aliphatic rings. The number of anilines is 1. The van der Waals surface area contributed by atoms with Crippen LogP contribution in [0.4, 0.5) is 10.2 Å². The van der Waals surface area contributed by atoms with E-state index in [2.05, 4.69) is 10.4 Å². The van der Waals surface area contributed by atoms with Gasteiger partial charge in [-0.2, -0.15) is 5.10 Å². The summed E-state index contributed by atoms with van der Waals surface area (Å²) in [7, 11) is 0. The summed E-state index contributed by atoms with van der Waals surface area (Å²) in [5.41, 5.74) is 8.70. The highest BCUT2D eigenvalue weighted by Crippen LogP contribution is 2.23. The van der Waals surface area contributed by atoms with E-state index >= 15 is 0 Å². The number of nitrogen functional groups attached to an aromatic ring is 1. The maximum atomic E-state index is 13.2. The maximum absolute atomic E-state index is 13.2. The van der Waals surface area contributed by atoms with E-state index in [1.807, 2.05) is 6.07 Å². The second-order valence-electron chi connectivity index (χ2n) is 4.13. The maximum Gasteiger partial charge on any atom is 0.149 e. The number of fused-ring (bicyclic) bond motifs is 1. The molecule has 2 heterocycles. The van der Waals surface area contributed by atoms with Gasteiger partial charge in [0.2, 0.25) is 0 Å². The molecule has 17 heavy (non-hydrogen) atoms. The van der Waals surface area contributed by atoms with Crippen LogP contribution in [0.2, 0.25) is 0 Å². The molecule has 0 radical (unpaired) electrons. The number of hydrogen-bond acceptors (Lipinski definition) is 3. The minimum absolute atomic E-state index is 0.269. The Morgan fingerprint density at radius 3 is 3.12 bits per heavy atom. The zero-order valence-corrected chi connectivity index (χ0v) is 9.28. The molecule has 0 spiro atoms. The first-order valence-electron chi connectivity index (χ1n) is 5.58. The lowest BCUT2D eigenvalue weighted by Crippen LogP contribution is -2.25. The fourth-order valence-corrected chi connectivity index (χ4v) is 2.20. The molecule has 5 heteroatoms. The molecule has 1 aliphatic heterocycles. The van der Waals surface area contributed by atoms with Gasteiger partial charge in [0.25, 0.3) is 0 Å². The Balaban J connectivity index is 2.15. The van der Waals surface area contributed by atoms with Crippen molar-refractivity contribution in [2.75, 3.05) is 12.3 Å². The quantitative estimate of drug-likeness (QED) is 0.777. The van der Waals surface area contributed by atoms with Crippen LogP contribution in [0.15, 0.2) is 24.3 Å². The fraction of sp³-hybridized carbons (Fsp3) is 0.250. The molecule has 1 aromatic carbocycles. The molecular weight excluding hydrogens is 219 g/mol. The van der Waals surface area contributed by atoms with Gasteiger partial charge in [0.15, 0.2) is 0 Å². The number of nitrogens with two attached hydrogens (primary N) is 1. The van der Waals surface area contributed by atoms with Crippen LogP contribution in [0.5, 0.6) is 0 Å². The van der Waals surface area contributed by atoms with Crippen molar-refractivity contribution in [3.05, 3.63) is 41.3 Å². The zero-order chi connectivity index (χ0) is 11.8. The third kappa shape index (κ3) is 1.68. The molecule has 3 N–H and O–H groups in total. The highest BCUT2D eigenvalue weighted by Gasteiger charge is 2.19. The molecule has 88 valence electrons. The number of halogens is 1. The summed E-state index contributed by atoms with van der Waals surface area (Å²) >= 11 is 0. The summed E-state index contributed by atoms with van der Waals surface area (Å²) in [6.45, 7) is 1.63. The number of benzene rings is 1. The Hall–Kier alpha value is -1.88. The van der Waals surface area contributed by atoms with Crippen molar-refractivity contribution < 1.29 is 4.39 Å². The molecule has 0 amide bonds. The van der Waals surface area contributed by atoms with Crippen LogP contribution >= 0.6 is 0 Å². The van der Waals surface area contributed by atoms with Crippen molar-refractivity contribution in [1.29, 1.82) is 0 Å². The summed E-state index contributed by atoms with van der Waals surface area (Å²) < 4.78 is 14.9. The zero-order valence-electron chi connectivity index (χ0n) is 9.28. The number of nitrogens with one attached hydrogen (secondary N) is 1. The van der Waals surface area contributed by atoms with Gasteiger partial charge in [-0.1, -0.05) is 6.07 Å². The molecule has 0 aliphatic carbocycles. The van der Waals surface area contributed by atoms with Gasteiger partial charge in [-0.25, -0.2) is 9.07 Å². The Morgan fingerprint density at radius 1 is 1.41 bits per heavy atom. The first kappa shape index (κ1) is 10.3. The van der Waals surface area contributed by atoms with Gasteiger partial charge in [-0.15, -0.1) is 0 Å².